The van der Waals surface area contributed by atoms with Gasteiger partial charge in [0.05, 0.1) is 5.56 Å². The number of amides is 1. The van der Waals surface area contributed by atoms with Crippen LogP contribution in [0.2, 0.25) is 0 Å². The minimum absolute atomic E-state index is 0.270. The van der Waals surface area contributed by atoms with Crippen LogP contribution in [0.4, 0.5) is 0 Å². The smallest absolute Gasteiger partial charge is 0.340 e. The average Bonchev–Trinajstić information content (AvgIpc) is 3.29. The second kappa shape index (κ2) is 8.73. The van der Waals surface area contributed by atoms with E-state index in [4.69, 9.17) is 4.74 Å². The Balaban J connectivity index is 1.36. The molecule has 0 radical (unpaired) electrons. The van der Waals surface area contributed by atoms with E-state index in [9.17, 15) is 9.59 Å². The zero-order valence-electron chi connectivity index (χ0n) is 13.5. The van der Waals surface area contributed by atoms with Gasteiger partial charge in [0.2, 0.25) is 0 Å². The summed E-state index contributed by atoms with van der Waals surface area (Å²) in [7, 11) is 0. The number of thiophene rings is 1. The molecule has 0 aliphatic rings. The average molecular weight is 374 g/mol. The fourth-order valence-corrected chi connectivity index (χ4v) is 4.03. The summed E-state index contributed by atoms with van der Waals surface area (Å²) in [6, 6.07) is 11.6. The van der Waals surface area contributed by atoms with E-state index in [1.54, 1.807) is 29.3 Å². The van der Waals surface area contributed by atoms with Crippen LogP contribution in [0.25, 0.3) is 10.9 Å². The molecule has 1 aromatic carbocycles. The quantitative estimate of drug-likeness (QED) is 0.468. The minimum Gasteiger partial charge on any atom is -0.452 e. The molecule has 1 amide bonds. The highest BCUT2D eigenvalue weighted by molar-refractivity contribution is 7.98. The van der Waals surface area contributed by atoms with Gasteiger partial charge in [-0.25, -0.2) is 4.79 Å². The molecule has 3 rings (SSSR count). The van der Waals surface area contributed by atoms with Gasteiger partial charge >= 0.3 is 5.97 Å². The summed E-state index contributed by atoms with van der Waals surface area (Å²) < 4.78 is 5.10. The van der Waals surface area contributed by atoms with E-state index in [1.165, 1.54) is 4.88 Å². The van der Waals surface area contributed by atoms with Gasteiger partial charge in [-0.3, -0.25) is 4.79 Å². The number of nitrogens with one attached hydrogen (secondary N) is 2. The number of thioether (sulfide) groups is 1. The molecule has 0 bridgehead atoms. The number of carbonyl (C=O) groups is 2. The van der Waals surface area contributed by atoms with E-state index in [2.05, 4.69) is 21.7 Å². The predicted octanol–water partition coefficient (Wildman–Crippen LogP) is 3.44. The van der Waals surface area contributed by atoms with Crippen molar-refractivity contribution in [3.63, 3.8) is 0 Å². The van der Waals surface area contributed by atoms with E-state index >= 15 is 0 Å². The number of para-hydroxylation sites is 1. The van der Waals surface area contributed by atoms with E-state index in [1.807, 2.05) is 30.3 Å². The Morgan fingerprint density at radius 1 is 1.20 bits per heavy atom. The SMILES string of the molecule is O=C(COC(=O)c1c[nH]c2ccccc12)NCCSCc1cccs1. The fourth-order valence-electron chi connectivity index (χ4n) is 2.33. The van der Waals surface area contributed by atoms with Crippen LogP contribution in [0.5, 0.6) is 0 Å². The second-order valence-electron chi connectivity index (χ2n) is 5.31. The van der Waals surface area contributed by atoms with Crippen LogP contribution in [-0.4, -0.2) is 35.8 Å². The first kappa shape index (κ1) is 17.6. The molecule has 2 aromatic heterocycles. The first-order chi connectivity index (χ1) is 12.2. The standard InChI is InChI=1S/C18H18N2O3S2/c21-17(19-7-9-24-12-13-4-3-8-25-13)11-23-18(22)15-10-20-16-6-2-1-5-14(15)16/h1-6,8,10,20H,7,9,11-12H2,(H,19,21). The van der Waals surface area contributed by atoms with Gasteiger partial charge in [-0.2, -0.15) is 11.8 Å². The maximum absolute atomic E-state index is 12.1. The summed E-state index contributed by atoms with van der Waals surface area (Å²) in [5.41, 5.74) is 1.30. The van der Waals surface area contributed by atoms with Gasteiger partial charge in [0.15, 0.2) is 6.61 Å². The molecule has 0 aliphatic carbocycles. The number of carbonyl (C=O) groups excluding carboxylic acids is 2. The van der Waals surface area contributed by atoms with Crippen molar-refractivity contribution in [2.75, 3.05) is 18.9 Å². The van der Waals surface area contributed by atoms with Crippen LogP contribution >= 0.6 is 23.1 Å². The number of hydrogen-bond donors (Lipinski definition) is 2. The summed E-state index contributed by atoms with van der Waals surface area (Å²) in [4.78, 5) is 28.2. The number of esters is 1. The highest BCUT2D eigenvalue weighted by Gasteiger charge is 2.14. The van der Waals surface area contributed by atoms with Crippen LogP contribution in [0.3, 0.4) is 0 Å². The Kier molecular flexibility index (Phi) is 6.14. The van der Waals surface area contributed by atoms with Gasteiger partial charge in [0.25, 0.3) is 5.91 Å². The van der Waals surface area contributed by atoms with Crippen LogP contribution in [0.15, 0.2) is 48.0 Å². The molecule has 0 saturated carbocycles. The molecule has 2 N–H and O–H groups in total. The monoisotopic (exact) mass is 374 g/mol. The Hall–Kier alpha value is -2.25. The highest BCUT2D eigenvalue weighted by Crippen LogP contribution is 2.18. The summed E-state index contributed by atoms with van der Waals surface area (Å²) in [5, 5.41) is 5.60. The lowest BCUT2D eigenvalue weighted by Gasteiger charge is -2.06. The molecule has 3 aromatic rings. The molecule has 5 nitrogen and oxygen atoms in total. The van der Waals surface area contributed by atoms with Crippen molar-refractivity contribution in [2.45, 2.75) is 5.75 Å². The van der Waals surface area contributed by atoms with Crippen LogP contribution < -0.4 is 5.32 Å². The summed E-state index contributed by atoms with van der Waals surface area (Å²) in [6.45, 7) is 0.285. The fraction of sp³-hybridized carbons (Fsp3) is 0.222. The van der Waals surface area contributed by atoms with Gasteiger partial charge < -0.3 is 15.0 Å². The number of aromatic amines is 1. The van der Waals surface area contributed by atoms with E-state index < -0.39 is 5.97 Å². The maximum Gasteiger partial charge on any atom is 0.340 e. The molecule has 7 heteroatoms. The Morgan fingerprint density at radius 2 is 2.08 bits per heavy atom. The number of benzene rings is 1. The van der Waals surface area contributed by atoms with Crippen LogP contribution in [0, 0.1) is 0 Å². The Labute approximate surface area is 153 Å². The van der Waals surface area contributed by atoms with Gasteiger partial charge in [-0.15, -0.1) is 11.3 Å². The van der Waals surface area contributed by atoms with E-state index in [-0.39, 0.29) is 12.5 Å². The third-order valence-corrected chi connectivity index (χ3v) is 5.60. The molecule has 2 heterocycles. The molecule has 0 unspecified atom stereocenters. The lowest BCUT2D eigenvalue weighted by Crippen LogP contribution is -2.30. The molecule has 25 heavy (non-hydrogen) atoms. The highest BCUT2D eigenvalue weighted by atomic mass is 32.2. The maximum atomic E-state index is 12.1. The van der Waals surface area contributed by atoms with Crippen molar-refractivity contribution in [2.24, 2.45) is 0 Å². The number of fused-ring (bicyclic) bond motifs is 1. The van der Waals surface area contributed by atoms with Crippen LogP contribution in [0.1, 0.15) is 15.2 Å². The zero-order chi connectivity index (χ0) is 17.5. The van der Waals surface area contributed by atoms with Crippen molar-refractivity contribution in [1.82, 2.24) is 10.3 Å². The molecule has 0 saturated heterocycles. The number of aromatic nitrogens is 1. The molecule has 130 valence electrons. The van der Waals surface area contributed by atoms with Crippen molar-refractivity contribution in [3.05, 3.63) is 58.4 Å². The Bertz CT molecular complexity index is 843. The van der Waals surface area contributed by atoms with Crippen molar-refractivity contribution < 1.29 is 14.3 Å². The third-order valence-electron chi connectivity index (χ3n) is 3.54. The van der Waals surface area contributed by atoms with Crippen LogP contribution in [-0.2, 0) is 15.3 Å². The van der Waals surface area contributed by atoms with Crippen molar-refractivity contribution in [3.8, 4) is 0 Å². The van der Waals surface area contributed by atoms with Crippen molar-refractivity contribution in [1.29, 1.82) is 0 Å². The second-order valence-corrected chi connectivity index (χ2v) is 7.44. The molecular weight excluding hydrogens is 356 g/mol. The van der Waals surface area contributed by atoms with E-state index in [0.29, 0.717) is 12.1 Å². The number of ether oxygens (including phenoxy) is 1. The van der Waals surface area contributed by atoms with E-state index in [0.717, 1.165) is 22.4 Å². The van der Waals surface area contributed by atoms with Gasteiger partial charge in [-0.05, 0) is 17.5 Å². The largest absolute Gasteiger partial charge is 0.452 e. The lowest BCUT2D eigenvalue weighted by molar-refractivity contribution is -0.124. The summed E-state index contributed by atoms with van der Waals surface area (Å²) >= 11 is 3.49. The first-order valence-corrected chi connectivity index (χ1v) is 9.87. The number of hydrogen-bond acceptors (Lipinski definition) is 5. The van der Waals surface area contributed by atoms with Gasteiger partial charge in [-0.1, -0.05) is 24.3 Å². The molecule has 0 fully saturated rings. The number of rotatable bonds is 8. The normalized spacial score (nSPS) is 10.7. The number of H-pyrrole nitrogens is 1. The molecule has 0 aliphatic heterocycles. The van der Waals surface area contributed by atoms with Gasteiger partial charge in [0.1, 0.15) is 0 Å². The molecule has 0 atom stereocenters. The lowest BCUT2D eigenvalue weighted by atomic mass is 10.2. The molecule has 0 spiro atoms. The molecular formula is C18H18N2O3S2. The van der Waals surface area contributed by atoms with Crippen molar-refractivity contribution >= 4 is 45.9 Å². The Morgan fingerprint density at radius 3 is 2.92 bits per heavy atom. The summed E-state index contributed by atoms with van der Waals surface area (Å²) in [6.07, 6.45) is 1.60. The first-order valence-electron chi connectivity index (χ1n) is 7.84. The zero-order valence-corrected chi connectivity index (χ0v) is 15.1. The third kappa shape index (κ3) is 4.87. The minimum atomic E-state index is -0.500. The summed E-state index contributed by atoms with van der Waals surface area (Å²) in [5.74, 6) is 0.980. The topological polar surface area (TPSA) is 71.2 Å². The predicted molar refractivity (Wildman–Crippen MR) is 102 cm³/mol. The van der Waals surface area contributed by atoms with Gasteiger partial charge in [0, 0.05) is 40.0 Å².